The van der Waals surface area contributed by atoms with Crippen molar-refractivity contribution in [1.29, 1.82) is 0 Å². The van der Waals surface area contributed by atoms with E-state index in [2.05, 4.69) is 6.92 Å². The van der Waals surface area contributed by atoms with Crippen LogP contribution in [0.4, 0.5) is 5.69 Å². The summed E-state index contributed by atoms with van der Waals surface area (Å²) in [5.74, 6) is -0.367. The second-order valence-corrected chi connectivity index (χ2v) is 8.63. The summed E-state index contributed by atoms with van der Waals surface area (Å²) in [5.41, 5.74) is 2.63. The predicted molar refractivity (Wildman–Crippen MR) is 127 cm³/mol. The van der Waals surface area contributed by atoms with Gasteiger partial charge >= 0.3 is 0 Å². The lowest BCUT2D eigenvalue weighted by Crippen LogP contribution is -2.42. The fourth-order valence-electron chi connectivity index (χ4n) is 4.50. The number of unbranched alkanes of at least 4 members (excludes halogenated alkanes) is 1. The molecule has 0 aliphatic carbocycles. The Hall–Kier alpha value is -2.95. The second-order valence-electron chi connectivity index (χ2n) is 8.63. The van der Waals surface area contributed by atoms with E-state index in [1.54, 1.807) is 11.0 Å². The van der Waals surface area contributed by atoms with E-state index in [0.29, 0.717) is 24.1 Å². The maximum Gasteiger partial charge on any atom is 0.263 e. The normalized spacial score (nSPS) is 18.6. The molecule has 0 aromatic heterocycles. The molecule has 1 amide bonds. The number of anilines is 1. The Labute approximate surface area is 190 Å². The Morgan fingerprint density at radius 1 is 0.875 bits per heavy atom. The van der Waals surface area contributed by atoms with Crippen LogP contribution >= 0.6 is 0 Å². The number of aliphatic hydroxyl groups excluding tert-OH is 1. The van der Waals surface area contributed by atoms with Gasteiger partial charge in [0, 0.05) is 18.5 Å². The number of nitrogens with zero attached hydrogens (tertiary/aromatic N) is 1. The minimum Gasteiger partial charge on any atom is -0.388 e. The molecule has 3 aromatic rings. The molecule has 0 bridgehead atoms. The van der Waals surface area contributed by atoms with Gasteiger partial charge in [-0.25, -0.2) is 0 Å². The smallest absolute Gasteiger partial charge is 0.263 e. The molecular formula is C28H31NO3. The van der Waals surface area contributed by atoms with Crippen molar-refractivity contribution < 1.29 is 15.0 Å². The molecule has 1 aliphatic rings. The van der Waals surface area contributed by atoms with E-state index < -0.39 is 11.7 Å². The lowest BCUT2D eigenvalue weighted by atomic mass is 9.87. The second kappa shape index (κ2) is 9.68. The number of amides is 1. The van der Waals surface area contributed by atoms with Gasteiger partial charge in [0.25, 0.3) is 5.91 Å². The van der Waals surface area contributed by atoms with Gasteiger partial charge in [-0.05, 0) is 42.0 Å². The topological polar surface area (TPSA) is 60.8 Å². The van der Waals surface area contributed by atoms with Crippen LogP contribution < -0.4 is 4.90 Å². The average Bonchev–Trinajstić information content (AvgIpc) is 3.03. The lowest BCUT2D eigenvalue weighted by molar-refractivity contribution is -0.139. The van der Waals surface area contributed by atoms with E-state index in [1.165, 1.54) is 5.56 Å². The van der Waals surface area contributed by atoms with Crippen LogP contribution in [0.25, 0.3) is 0 Å². The summed E-state index contributed by atoms with van der Waals surface area (Å²) < 4.78 is 0. The number of hydrogen-bond acceptors (Lipinski definition) is 3. The molecule has 0 spiro atoms. The summed E-state index contributed by atoms with van der Waals surface area (Å²) >= 11 is 0. The third-order valence-corrected chi connectivity index (χ3v) is 6.38. The summed E-state index contributed by atoms with van der Waals surface area (Å²) in [6, 6.07) is 25.2. The van der Waals surface area contributed by atoms with Crippen LogP contribution in [0.1, 0.15) is 54.5 Å². The Morgan fingerprint density at radius 3 is 2.25 bits per heavy atom. The van der Waals surface area contributed by atoms with Gasteiger partial charge in [-0.2, -0.15) is 0 Å². The van der Waals surface area contributed by atoms with Crippen molar-refractivity contribution in [1.82, 2.24) is 0 Å². The largest absolute Gasteiger partial charge is 0.388 e. The van der Waals surface area contributed by atoms with Crippen LogP contribution in [0.5, 0.6) is 0 Å². The maximum absolute atomic E-state index is 13.4. The summed E-state index contributed by atoms with van der Waals surface area (Å²) in [6.07, 6.45) is 2.97. The van der Waals surface area contributed by atoms with Crippen molar-refractivity contribution in [3.8, 4) is 0 Å². The summed E-state index contributed by atoms with van der Waals surface area (Å²) in [6.45, 7) is 2.64. The van der Waals surface area contributed by atoms with Crippen molar-refractivity contribution >= 4 is 11.6 Å². The van der Waals surface area contributed by atoms with E-state index in [1.807, 2.05) is 72.8 Å². The molecule has 3 aromatic carbocycles. The molecule has 0 radical (unpaired) electrons. The minimum absolute atomic E-state index is 0.0704. The van der Waals surface area contributed by atoms with Gasteiger partial charge < -0.3 is 15.1 Å². The Bertz CT molecular complexity index is 1050. The molecule has 4 heteroatoms. The number of para-hydroxylation sites is 1. The third-order valence-electron chi connectivity index (χ3n) is 6.38. The molecule has 2 N–H and O–H groups in total. The van der Waals surface area contributed by atoms with E-state index in [-0.39, 0.29) is 12.3 Å². The zero-order valence-electron chi connectivity index (χ0n) is 18.6. The minimum atomic E-state index is -1.74. The van der Waals surface area contributed by atoms with Gasteiger partial charge in [0.05, 0.1) is 11.8 Å². The van der Waals surface area contributed by atoms with E-state index in [0.717, 1.165) is 30.5 Å². The zero-order valence-corrected chi connectivity index (χ0v) is 18.6. The summed E-state index contributed by atoms with van der Waals surface area (Å²) in [5, 5.41) is 22.5. The van der Waals surface area contributed by atoms with Gasteiger partial charge in [0.15, 0.2) is 5.60 Å². The number of rotatable bonds is 9. The molecule has 0 fully saturated rings. The number of carbonyl (C=O) groups is 1. The Kier molecular flexibility index (Phi) is 6.73. The fourth-order valence-corrected chi connectivity index (χ4v) is 4.50. The van der Waals surface area contributed by atoms with Crippen molar-refractivity contribution in [3.05, 3.63) is 101 Å². The third kappa shape index (κ3) is 4.47. The van der Waals surface area contributed by atoms with Crippen LogP contribution in [0.3, 0.4) is 0 Å². The van der Waals surface area contributed by atoms with Crippen LogP contribution in [0.15, 0.2) is 78.9 Å². The molecule has 0 saturated heterocycles. The fraction of sp³-hybridized carbons (Fsp3) is 0.321. The predicted octanol–water partition coefficient (Wildman–Crippen LogP) is 4.93. The highest BCUT2D eigenvalue weighted by Gasteiger charge is 2.50. The van der Waals surface area contributed by atoms with Gasteiger partial charge in [-0.15, -0.1) is 0 Å². The molecule has 4 rings (SSSR count). The number of carbonyl (C=O) groups excluding carboxylic acids is 1. The first-order chi connectivity index (χ1) is 15.5. The van der Waals surface area contributed by atoms with Gasteiger partial charge in [-0.1, -0.05) is 86.1 Å². The molecule has 4 nitrogen and oxygen atoms in total. The summed E-state index contributed by atoms with van der Waals surface area (Å²) in [4.78, 5) is 15.1. The highest BCUT2D eigenvalue weighted by Crippen LogP contribution is 2.44. The SMILES string of the molecule is CCCCc1ccc(C(O)CC2(O)C(=O)N(CCc3ccccc3)c3ccccc32)cc1. The molecule has 32 heavy (non-hydrogen) atoms. The number of aryl methyl sites for hydroxylation is 1. The van der Waals surface area contributed by atoms with Crippen molar-refractivity contribution in [2.24, 2.45) is 0 Å². The van der Waals surface area contributed by atoms with Crippen molar-refractivity contribution in [3.63, 3.8) is 0 Å². The van der Waals surface area contributed by atoms with Crippen molar-refractivity contribution in [2.75, 3.05) is 11.4 Å². The quantitative estimate of drug-likeness (QED) is 0.507. The molecule has 2 unspecified atom stereocenters. The number of fused-ring (bicyclic) bond motifs is 1. The van der Waals surface area contributed by atoms with Gasteiger partial charge in [-0.3, -0.25) is 4.79 Å². The first-order valence-corrected chi connectivity index (χ1v) is 11.5. The number of hydrogen-bond donors (Lipinski definition) is 2. The maximum atomic E-state index is 13.4. The Morgan fingerprint density at radius 2 is 1.53 bits per heavy atom. The molecule has 1 aliphatic heterocycles. The van der Waals surface area contributed by atoms with Crippen molar-refractivity contribution in [2.45, 2.75) is 50.7 Å². The lowest BCUT2D eigenvalue weighted by Gasteiger charge is -2.26. The highest BCUT2D eigenvalue weighted by atomic mass is 16.3. The van der Waals surface area contributed by atoms with E-state index in [4.69, 9.17) is 0 Å². The van der Waals surface area contributed by atoms with E-state index in [9.17, 15) is 15.0 Å². The van der Waals surface area contributed by atoms with Gasteiger partial charge in [0.1, 0.15) is 0 Å². The van der Waals surface area contributed by atoms with Crippen LogP contribution in [-0.2, 0) is 23.2 Å². The Balaban J connectivity index is 1.53. The molecule has 1 heterocycles. The number of aliphatic hydroxyl groups is 2. The van der Waals surface area contributed by atoms with Gasteiger partial charge in [0.2, 0.25) is 0 Å². The van der Waals surface area contributed by atoms with E-state index >= 15 is 0 Å². The highest BCUT2D eigenvalue weighted by molar-refractivity contribution is 6.06. The zero-order chi connectivity index (χ0) is 22.6. The molecule has 166 valence electrons. The monoisotopic (exact) mass is 429 g/mol. The van der Waals surface area contributed by atoms with Crippen LogP contribution in [0.2, 0.25) is 0 Å². The molecule has 0 saturated carbocycles. The average molecular weight is 430 g/mol. The van der Waals surface area contributed by atoms with Crippen LogP contribution in [-0.4, -0.2) is 22.7 Å². The first-order valence-electron chi connectivity index (χ1n) is 11.5. The number of benzene rings is 3. The van der Waals surface area contributed by atoms with Crippen LogP contribution in [0, 0.1) is 0 Å². The standard InChI is InChI=1S/C28H31NO3/c1-2-3-9-22-14-16-23(17-15-22)26(30)20-28(32)24-12-7-8-13-25(24)29(27(28)31)19-18-21-10-5-4-6-11-21/h4-8,10-17,26,30,32H,2-3,9,18-20H2,1H3. The first kappa shape index (κ1) is 22.3. The molecular weight excluding hydrogens is 398 g/mol. The summed E-state index contributed by atoms with van der Waals surface area (Å²) in [7, 11) is 0. The molecule has 2 atom stereocenters.